The van der Waals surface area contributed by atoms with E-state index in [1.54, 1.807) is 24.1 Å². The first-order valence-corrected chi connectivity index (χ1v) is 6.84. The van der Waals surface area contributed by atoms with E-state index >= 15 is 0 Å². The molecule has 0 radical (unpaired) electrons. The van der Waals surface area contributed by atoms with Gasteiger partial charge in [-0.05, 0) is 38.3 Å². The molecule has 20 heavy (non-hydrogen) atoms. The molecular weight excluding hydrogens is 258 g/mol. The minimum Gasteiger partial charge on any atom is -0.380 e. The van der Waals surface area contributed by atoms with Gasteiger partial charge in [0.2, 0.25) is 0 Å². The van der Waals surface area contributed by atoms with Crippen LogP contribution in [0.2, 0.25) is 0 Å². The van der Waals surface area contributed by atoms with Crippen LogP contribution < -0.4 is 5.32 Å². The van der Waals surface area contributed by atoms with Gasteiger partial charge in [-0.25, -0.2) is 0 Å². The van der Waals surface area contributed by atoms with Crippen LogP contribution in [0.4, 0.5) is 11.4 Å². The highest BCUT2D eigenvalue weighted by atomic mass is 16.6. The van der Waals surface area contributed by atoms with E-state index in [9.17, 15) is 14.9 Å². The molecule has 1 aromatic carbocycles. The Morgan fingerprint density at radius 1 is 1.50 bits per heavy atom. The number of hydrogen-bond donors (Lipinski definition) is 1. The smallest absolute Gasteiger partial charge is 0.305 e. The molecule has 0 saturated heterocycles. The fraction of sp³-hybridized carbons (Fsp3) is 0.500. The number of nitrogens with zero attached hydrogens (tertiary/aromatic N) is 2. The van der Waals surface area contributed by atoms with E-state index in [2.05, 4.69) is 5.32 Å². The molecule has 6 heteroatoms. The number of nitro benzene ring substituents is 1. The molecule has 0 atom stereocenters. The quantitative estimate of drug-likeness (QED) is 0.663. The van der Waals surface area contributed by atoms with Gasteiger partial charge in [-0.1, -0.05) is 6.07 Å². The molecule has 108 valence electrons. The van der Waals surface area contributed by atoms with E-state index in [1.807, 2.05) is 6.92 Å². The number of para-hydroxylation sites is 1. The second kappa shape index (κ2) is 5.90. The highest BCUT2D eigenvalue weighted by Crippen LogP contribution is 2.31. The molecule has 0 heterocycles. The summed E-state index contributed by atoms with van der Waals surface area (Å²) in [5.41, 5.74) is 0.415. The fourth-order valence-corrected chi connectivity index (χ4v) is 2.38. The third-order valence-electron chi connectivity index (χ3n) is 3.76. The Morgan fingerprint density at radius 3 is 2.70 bits per heavy atom. The molecule has 1 aliphatic rings. The first-order chi connectivity index (χ1) is 9.56. The number of benzene rings is 1. The molecule has 1 aliphatic carbocycles. The maximum Gasteiger partial charge on any atom is 0.305 e. The van der Waals surface area contributed by atoms with Crippen molar-refractivity contribution >= 4 is 17.3 Å². The summed E-state index contributed by atoms with van der Waals surface area (Å²) in [6, 6.07) is 5.04. The molecule has 1 aromatic rings. The lowest BCUT2D eigenvalue weighted by Crippen LogP contribution is -2.41. The van der Waals surface area contributed by atoms with Gasteiger partial charge in [-0.2, -0.15) is 0 Å². The van der Waals surface area contributed by atoms with Gasteiger partial charge < -0.3 is 10.2 Å². The van der Waals surface area contributed by atoms with Crippen molar-refractivity contribution in [3.63, 3.8) is 0 Å². The zero-order chi connectivity index (χ0) is 14.7. The summed E-state index contributed by atoms with van der Waals surface area (Å²) in [6.45, 7) is 2.43. The van der Waals surface area contributed by atoms with Crippen LogP contribution in [0.3, 0.4) is 0 Å². The van der Waals surface area contributed by atoms with Crippen molar-refractivity contribution in [3.05, 3.63) is 33.9 Å². The number of rotatable bonds is 5. The lowest BCUT2D eigenvalue weighted by atomic mass is 9.91. The van der Waals surface area contributed by atoms with Crippen molar-refractivity contribution in [2.45, 2.75) is 32.2 Å². The second-order valence-corrected chi connectivity index (χ2v) is 4.99. The lowest BCUT2D eigenvalue weighted by molar-refractivity contribution is -0.384. The Morgan fingerprint density at radius 2 is 2.20 bits per heavy atom. The Labute approximate surface area is 117 Å². The van der Waals surface area contributed by atoms with Crippen molar-refractivity contribution in [1.29, 1.82) is 0 Å². The van der Waals surface area contributed by atoms with Gasteiger partial charge in [0, 0.05) is 19.6 Å². The standard InChI is InChI=1S/C14H19N3O3/c1-3-15-12-9-5-8-11(13(12)17(19)20)14(18)16(2)10-6-4-7-10/h5,8-10,15H,3-4,6-7H2,1-2H3. The number of nitro groups is 1. The summed E-state index contributed by atoms with van der Waals surface area (Å²) < 4.78 is 0. The Bertz CT molecular complexity index is 526. The number of amides is 1. The van der Waals surface area contributed by atoms with Gasteiger partial charge in [-0.3, -0.25) is 14.9 Å². The predicted octanol–water partition coefficient (Wildman–Crippen LogP) is 2.65. The SMILES string of the molecule is CCNc1cccc(C(=O)N(C)C2CCC2)c1[N+](=O)[O-]. The van der Waals surface area contributed by atoms with Gasteiger partial charge >= 0.3 is 5.69 Å². The van der Waals surface area contributed by atoms with E-state index in [4.69, 9.17) is 0 Å². The Kier molecular flexibility index (Phi) is 4.22. The Balaban J connectivity index is 2.36. The van der Waals surface area contributed by atoms with Crippen LogP contribution in [0.5, 0.6) is 0 Å². The topological polar surface area (TPSA) is 75.5 Å². The first kappa shape index (κ1) is 14.3. The van der Waals surface area contributed by atoms with Crippen LogP contribution in [0.1, 0.15) is 36.5 Å². The highest BCUT2D eigenvalue weighted by molar-refractivity contribution is 6.00. The normalized spacial score (nSPS) is 14.5. The van der Waals surface area contributed by atoms with Gasteiger partial charge in [-0.15, -0.1) is 0 Å². The maximum atomic E-state index is 12.5. The van der Waals surface area contributed by atoms with E-state index in [1.165, 1.54) is 6.07 Å². The summed E-state index contributed by atoms with van der Waals surface area (Å²) >= 11 is 0. The number of carbonyl (C=O) groups excluding carboxylic acids is 1. The van der Waals surface area contributed by atoms with Crippen LogP contribution in [-0.4, -0.2) is 35.4 Å². The lowest BCUT2D eigenvalue weighted by Gasteiger charge is -2.34. The van der Waals surface area contributed by atoms with Gasteiger partial charge in [0.05, 0.1) is 4.92 Å². The fourth-order valence-electron chi connectivity index (χ4n) is 2.38. The predicted molar refractivity (Wildman–Crippen MR) is 77.0 cm³/mol. The maximum absolute atomic E-state index is 12.5. The molecule has 1 N–H and O–H groups in total. The molecule has 1 saturated carbocycles. The summed E-state index contributed by atoms with van der Waals surface area (Å²) in [7, 11) is 1.72. The van der Waals surface area contributed by atoms with Crippen molar-refractivity contribution < 1.29 is 9.72 Å². The molecule has 6 nitrogen and oxygen atoms in total. The van der Waals surface area contributed by atoms with Crippen LogP contribution in [-0.2, 0) is 0 Å². The molecule has 0 bridgehead atoms. The third-order valence-corrected chi connectivity index (χ3v) is 3.76. The van der Waals surface area contributed by atoms with E-state index in [-0.39, 0.29) is 23.2 Å². The average Bonchev–Trinajstić information content (AvgIpc) is 2.35. The molecule has 0 aliphatic heterocycles. The van der Waals surface area contributed by atoms with E-state index in [0.29, 0.717) is 12.2 Å². The summed E-state index contributed by atoms with van der Waals surface area (Å²) in [5.74, 6) is -0.277. The number of anilines is 1. The molecule has 1 fully saturated rings. The zero-order valence-electron chi connectivity index (χ0n) is 11.8. The van der Waals surface area contributed by atoms with Crippen LogP contribution in [0.25, 0.3) is 0 Å². The van der Waals surface area contributed by atoms with E-state index in [0.717, 1.165) is 19.3 Å². The highest BCUT2D eigenvalue weighted by Gasteiger charge is 2.31. The van der Waals surface area contributed by atoms with E-state index < -0.39 is 4.92 Å². The summed E-state index contributed by atoms with van der Waals surface area (Å²) in [5, 5.41) is 14.2. The van der Waals surface area contributed by atoms with Crippen molar-refractivity contribution in [2.75, 3.05) is 18.9 Å². The number of nitrogens with one attached hydrogen (secondary N) is 1. The zero-order valence-corrected chi connectivity index (χ0v) is 11.8. The number of carbonyl (C=O) groups is 1. The van der Waals surface area contributed by atoms with Crippen LogP contribution in [0.15, 0.2) is 18.2 Å². The Hall–Kier alpha value is -2.11. The van der Waals surface area contributed by atoms with Crippen LogP contribution >= 0.6 is 0 Å². The largest absolute Gasteiger partial charge is 0.380 e. The third kappa shape index (κ3) is 2.59. The van der Waals surface area contributed by atoms with Gasteiger partial charge in [0.15, 0.2) is 0 Å². The van der Waals surface area contributed by atoms with Gasteiger partial charge in [0.25, 0.3) is 5.91 Å². The molecule has 0 aromatic heterocycles. The first-order valence-electron chi connectivity index (χ1n) is 6.84. The molecule has 1 amide bonds. The number of hydrogen-bond acceptors (Lipinski definition) is 4. The minimum absolute atomic E-state index is 0.134. The summed E-state index contributed by atoms with van der Waals surface area (Å²) in [6.07, 6.45) is 3.06. The molecule has 0 spiro atoms. The minimum atomic E-state index is -0.486. The summed E-state index contributed by atoms with van der Waals surface area (Å²) in [4.78, 5) is 24.9. The monoisotopic (exact) mass is 277 g/mol. The molecule has 0 unspecified atom stereocenters. The molecular formula is C14H19N3O3. The van der Waals surface area contributed by atoms with Crippen LogP contribution in [0, 0.1) is 10.1 Å². The van der Waals surface area contributed by atoms with Gasteiger partial charge in [0.1, 0.15) is 11.3 Å². The average molecular weight is 277 g/mol. The van der Waals surface area contributed by atoms with Crippen molar-refractivity contribution in [2.24, 2.45) is 0 Å². The second-order valence-electron chi connectivity index (χ2n) is 4.99. The molecule has 2 rings (SSSR count). The van der Waals surface area contributed by atoms with Crippen molar-refractivity contribution in [3.8, 4) is 0 Å². The van der Waals surface area contributed by atoms with Crippen molar-refractivity contribution in [1.82, 2.24) is 4.90 Å².